The van der Waals surface area contributed by atoms with Crippen LogP contribution in [0.25, 0.3) is 0 Å². The Balaban J connectivity index is 1.49. The van der Waals surface area contributed by atoms with Crippen LogP contribution in [0.5, 0.6) is 5.75 Å². The Morgan fingerprint density at radius 1 is 1.37 bits per heavy atom. The van der Waals surface area contributed by atoms with Crippen molar-refractivity contribution in [2.75, 3.05) is 26.2 Å². The van der Waals surface area contributed by atoms with Crippen LogP contribution in [0, 0.1) is 0 Å². The third kappa shape index (κ3) is 3.64. The van der Waals surface area contributed by atoms with E-state index in [-0.39, 0.29) is 17.8 Å². The third-order valence-electron chi connectivity index (χ3n) is 5.64. The number of rotatable bonds is 3. The van der Waals surface area contributed by atoms with Gasteiger partial charge in [0.25, 0.3) is 0 Å². The molecular formula is C20H26N4O3. The van der Waals surface area contributed by atoms with Crippen molar-refractivity contribution in [2.24, 2.45) is 0 Å². The molecule has 1 amide bonds. The number of H-pyrrole nitrogens is 1. The Kier molecular flexibility index (Phi) is 5.03. The first-order chi connectivity index (χ1) is 13.2. The number of hydrogen-bond donors (Lipinski definition) is 2. The molecule has 0 saturated carbocycles. The second-order valence-electron chi connectivity index (χ2n) is 7.26. The quantitative estimate of drug-likeness (QED) is 0.868. The van der Waals surface area contributed by atoms with Crippen LogP contribution in [0.2, 0.25) is 0 Å². The molecule has 3 heterocycles. The van der Waals surface area contributed by atoms with Crippen molar-refractivity contribution in [3.8, 4) is 5.75 Å². The number of amides is 1. The third-order valence-corrected chi connectivity index (χ3v) is 5.64. The normalized spacial score (nSPS) is 21.1. The highest BCUT2D eigenvalue weighted by Gasteiger charge is 2.34. The van der Waals surface area contributed by atoms with Gasteiger partial charge in [0.1, 0.15) is 5.75 Å². The lowest BCUT2D eigenvalue weighted by Gasteiger charge is -2.41. The number of likely N-dealkylation sites (tertiary alicyclic amines) is 1. The van der Waals surface area contributed by atoms with Crippen LogP contribution in [0.3, 0.4) is 0 Å². The molecule has 7 heteroatoms. The molecule has 144 valence electrons. The summed E-state index contributed by atoms with van der Waals surface area (Å²) in [6, 6.07) is 7.88. The average Bonchev–Trinajstić information content (AvgIpc) is 3.16. The fourth-order valence-electron chi connectivity index (χ4n) is 4.26. The minimum atomic E-state index is -0.205. The van der Waals surface area contributed by atoms with Crippen molar-refractivity contribution in [1.82, 2.24) is 19.8 Å². The van der Waals surface area contributed by atoms with Crippen molar-refractivity contribution in [2.45, 2.75) is 38.3 Å². The van der Waals surface area contributed by atoms with Crippen molar-refractivity contribution in [3.05, 3.63) is 47.5 Å². The summed E-state index contributed by atoms with van der Waals surface area (Å²) in [6.07, 6.45) is 3.43. The van der Waals surface area contributed by atoms with Gasteiger partial charge >= 0.3 is 6.09 Å². The van der Waals surface area contributed by atoms with Gasteiger partial charge in [-0.1, -0.05) is 12.1 Å². The van der Waals surface area contributed by atoms with Gasteiger partial charge in [-0.05, 0) is 37.5 Å². The fraction of sp³-hybridized carbons (Fsp3) is 0.500. The molecule has 0 spiro atoms. The lowest BCUT2D eigenvalue weighted by molar-refractivity contribution is 0.0681. The van der Waals surface area contributed by atoms with E-state index >= 15 is 0 Å². The van der Waals surface area contributed by atoms with Gasteiger partial charge in [-0.25, -0.2) is 9.78 Å². The number of hydrogen-bond acceptors (Lipinski definition) is 5. The summed E-state index contributed by atoms with van der Waals surface area (Å²) in [4.78, 5) is 24.1. The maximum atomic E-state index is 11.9. The van der Waals surface area contributed by atoms with Gasteiger partial charge in [-0.2, -0.15) is 0 Å². The van der Waals surface area contributed by atoms with E-state index in [1.54, 1.807) is 17.3 Å². The number of benzene rings is 1. The number of piperidine rings is 1. The maximum absolute atomic E-state index is 11.9. The molecule has 2 aliphatic heterocycles. The Labute approximate surface area is 159 Å². The molecule has 27 heavy (non-hydrogen) atoms. The lowest BCUT2D eigenvalue weighted by atomic mass is 9.89. The van der Waals surface area contributed by atoms with Crippen LogP contribution in [0.1, 0.15) is 42.6 Å². The highest BCUT2D eigenvalue weighted by atomic mass is 16.6. The number of phenolic OH excluding ortho intramolecular Hbond substituents is 1. The Morgan fingerprint density at radius 2 is 2.19 bits per heavy atom. The average molecular weight is 370 g/mol. The Hall–Kier alpha value is -2.54. The number of phenols is 1. The summed E-state index contributed by atoms with van der Waals surface area (Å²) < 4.78 is 5.12. The number of imidazole rings is 1. The number of fused-ring (bicyclic) bond motifs is 1. The van der Waals surface area contributed by atoms with E-state index in [0.29, 0.717) is 12.6 Å². The van der Waals surface area contributed by atoms with Gasteiger partial charge in [-0.3, -0.25) is 4.90 Å². The molecule has 7 nitrogen and oxygen atoms in total. The van der Waals surface area contributed by atoms with E-state index in [9.17, 15) is 9.90 Å². The van der Waals surface area contributed by atoms with Crippen LogP contribution in [0.4, 0.5) is 4.79 Å². The van der Waals surface area contributed by atoms with Gasteiger partial charge in [0, 0.05) is 38.1 Å². The zero-order chi connectivity index (χ0) is 18.8. The topological polar surface area (TPSA) is 81.7 Å². The summed E-state index contributed by atoms with van der Waals surface area (Å²) in [5.41, 5.74) is 3.29. The minimum absolute atomic E-state index is 0.134. The first-order valence-corrected chi connectivity index (χ1v) is 9.62. The molecule has 0 radical (unpaired) electrons. The van der Waals surface area contributed by atoms with Crippen molar-refractivity contribution < 1.29 is 14.6 Å². The Bertz CT molecular complexity index is 798. The number of aromatic hydroxyl groups is 1. The molecule has 1 aromatic heterocycles. The molecule has 1 unspecified atom stereocenters. The second kappa shape index (κ2) is 7.60. The molecule has 1 fully saturated rings. The van der Waals surface area contributed by atoms with Gasteiger partial charge in [-0.15, -0.1) is 0 Å². The van der Waals surface area contributed by atoms with E-state index in [0.717, 1.165) is 56.0 Å². The molecule has 2 aromatic rings. The molecule has 1 aromatic carbocycles. The lowest BCUT2D eigenvalue weighted by Crippen LogP contribution is -2.49. The van der Waals surface area contributed by atoms with Crippen LogP contribution in [-0.2, 0) is 11.3 Å². The molecule has 1 saturated heterocycles. The summed E-state index contributed by atoms with van der Waals surface area (Å²) >= 11 is 0. The number of aromatic nitrogens is 2. The van der Waals surface area contributed by atoms with Gasteiger partial charge in [0.05, 0.1) is 24.3 Å². The first-order valence-electron chi connectivity index (χ1n) is 9.62. The van der Waals surface area contributed by atoms with Gasteiger partial charge in [0.15, 0.2) is 0 Å². The zero-order valence-electron chi connectivity index (χ0n) is 15.6. The standard InChI is InChI=1S/C20H26N4O3/c1-2-27-20(26)23-8-6-15(7-9-23)24-11-17(14-4-3-5-16(25)10-14)19-18(12-24)21-13-22-19/h3-5,10,13,15,17,25H,2,6-9,11-12H2,1H3,(H,21,22). The van der Waals surface area contributed by atoms with Crippen molar-refractivity contribution in [3.63, 3.8) is 0 Å². The summed E-state index contributed by atoms with van der Waals surface area (Å²) in [5, 5.41) is 9.89. The molecule has 2 N–H and O–H groups in total. The van der Waals surface area contributed by atoms with E-state index in [2.05, 4.69) is 20.9 Å². The minimum Gasteiger partial charge on any atom is -0.508 e. The number of ether oxygens (including phenoxy) is 1. The predicted molar refractivity (Wildman–Crippen MR) is 101 cm³/mol. The predicted octanol–water partition coefficient (Wildman–Crippen LogP) is 2.68. The fourth-order valence-corrected chi connectivity index (χ4v) is 4.26. The number of nitrogens with zero attached hydrogens (tertiary/aromatic N) is 3. The molecule has 0 aliphatic carbocycles. The van der Waals surface area contributed by atoms with Crippen LogP contribution >= 0.6 is 0 Å². The van der Waals surface area contributed by atoms with E-state index < -0.39 is 0 Å². The number of nitrogens with one attached hydrogen (secondary N) is 1. The summed E-state index contributed by atoms with van der Waals surface area (Å²) in [7, 11) is 0. The van der Waals surface area contributed by atoms with Gasteiger partial charge in [0.2, 0.25) is 0 Å². The largest absolute Gasteiger partial charge is 0.508 e. The molecule has 2 aliphatic rings. The smallest absolute Gasteiger partial charge is 0.409 e. The molecule has 4 rings (SSSR count). The molecule has 1 atom stereocenters. The molecular weight excluding hydrogens is 344 g/mol. The maximum Gasteiger partial charge on any atom is 0.409 e. The molecule has 0 bridgehead atoms. The zero-order valence-corrected chi connectivity index (χ0v) is 15.6. The summed E-state index contributed by atoms with van der Waals surface area (Å²) in [6.45, 7) is 5.42. The highest BCUT2D eigenvalue weighted by Crippen LogP contribution is 2.35. The van der Waals surface area contributed by atoms with E-state index in [4.69, 9.17) is 4.74 Å². The van der Waals surface area contributed by atoms with Crippen LogP contribution < -0.4 is 0 Å². The number of carbonyl (C=O) groups is 1. The first kappa shape index (κ1) is 17.9. The second-order valence-corrected chi connectivity index (χ2v) is 7.26. The monoisotopic (exact) mass is 370 g/mol. The summed E-state index contributed by atoms with van der Waals surface area (Å²) in [5.74, 6) is 0.416. The van der Waals surface area contributed by atoms with Crippen molar-refractivity contribution in [1.29, 1.82) is 0 Å². The number of aromatic amines is 1. The van der Waals surface area contributed by atoms with Crippen LogP contribution in [-0.4, -0.2) is 63.3 Å². The highest BCUT2D eigenvalue weighted by molar-refractivity contribution is 5.67. The SMILES string of the molecule is CCOC(=O)N1CCC(N2Cc3[nH]cnc3C(c3cccc(O)c3)C2)CC1. The van der Waals surface area contributed by atoms with E-state index in [1.807, 2.05) is 19.1 Å². The number of carbonyl (C=O) groups excluding carboxylic acids is 1. The van der Waals surface area contributed by atoms with Crippen molar-refractivity contribution >= 4 is 6.09 Å². The van der Waals surface area contributed by atoms with Gasteiger partial charge < -0.3 is 19.7 Å². The van der Waals surface area contributed by atoms with E-state index in [1.165, 1.54) is 0 Å². The van der Waals surface area contributed by atoms with Crippen LogP contribution in [0.15, 0.2) is 30.6 Å². The Morgan fingerprint density at radius 3 is 2.93 bits per heavy atom.